The third-order valence-electron chi connectivity index (χ3n) is 4.02. The van der Waals surface area contributed by atoms with Crippen LogP contribution in [-0.4, -0.2) is 54.4 Å². The smallest absolute Gasteiger partial charge is 0.238 e. The van der Waals surface area contributed by atoms with Crippen LogP contribution in [0.2, 0.25) is 0 Å². The number of hydrogen-bond donors (Lipinski definition) is 3. The highest BCUT2D eigenvalue weighted by Crippen LogP contribution is 2.27. The molecule has 3 N–H and O–H groups in total. The van der Waals surface area contributed by atoms with E-state index in [-0.39, 0.29) is 25.7 Å². The first kappa shape index (κ1) is 19.6. The summed E-state index contributed by atoms with van der Waals surface area (Å²) < 4.78 is 0. The molecule has 0 aliphatic carbocycles. The molecule has 1 amide bonds. The monoisotopic (exact) mass is 322 g/mol. The molecule has 0 aromatic heterocycles. The van der Waals surface area contributed by atoms with Crippen LogP contribution in [0.1, 0.15) is 37.8 Å². The number of benzene rings is 1. The van der Waals surface area contributed by atoms with Gasteiger partial charge in [0.15, 0.2) is 0 Å². The number of hydrogen-bond acceptors (Lipinski definition) is 4. The fourth-order valence-corrected chi connectivity index (χ4v) is 2.62. The molecular formula is C18H30N2O3. The highest BCUT2D eigenvalue weighted by atomic mass is 16.3. The number of likely N-dealkylation sites (N-methyl/N-ethyl adjacent to an activating group) is 1. The van der Waals surface area contributed by atoms with E-state index in [2.05, 4.69) is 19.2 Å². The Morgan fingerprint density at radius 1 is 1.30 bits per heavy atom. The van der Waals surface area contributed by atoms with Crippen LogP contribution >= 0.6 is 0 Å². The molecule has 0 bridgehead atoms. The summed E-state index contributed by atoms with van der Waals surface area (Å²) in [5, 5.41) is 21.7. The van der Waals surface area contributed by atoms with Gasteiger partial charge >= 0.3 is 0 Å². The predicted octanol–water partition coefficient (Wildman–Crippen LogP) is 1.98. The van der Waals surface area contributed by atoms with E-state index in [4.69, 9.17) is 0 Å². The number of carbonyl (C=O) groups excluding carboxylic acids is 1. The molecule has 0 unspecified atom stereocenters. The minimum atomic E-state index is -0.610. The molecule has 130 valence electrons. The van der Waals surface area contributed by atoms with Crippen molar-refractivity contribution in [3.05, 3.63) is 29.3 Å². The standard InChI is InChI=1S/C18H30N2O3/c1-13(2)15-8-6-7-14(3)17(15)19-16(23)9-20(5)10-18(4,11-21)12-22/h6-8,13,21-22H,9-12H2,1-5H3,(H,19,23). The molecule has 0 radical (unpaired) electrons. The molecule has 0 aliphatic rings. The van der Waals surface area contributed by atoms with Crippen molar-refractivity contribution in [1.82, 2.24) is 4.90 Å². The van der Waals surface area contributed by atoms with E-state index in [1.54, 1.807) is 6.92 Å². The van der Waals surface area contributed by atoms with Crippen molar-refractivity contribution < 1.29 is 15.0 Å². The predicted molar refractivity (Wildman–Crippen MR) is 93.7 cm³/mol. The third kappa shape index (κ3) is 5.61. The zero-order chi connectivity index (χ0) is 17.6. The van der Waals surface area contributed by atoms with Crippen LogP contribution in [0.4, 0.5) is 5.69 Å². The number of nitrogens with zero attached hydrogens (tertiary/aromatic N) is 1. The molecule has 0 heterocycles. The Balaban J connectivity index is 2.74. The van der Waals surface area contributed by atoms with Gasteiger partial charge in [0.1, 0.15) is 0 Å². The quantitative estimate of drug-likeness (QED) is 0.684. The lowest BCUT2D eigenvalue weighted by Gasteiger charge is -2.30. The second kappa shape index (κ2) is 8.43. The number of amides is 1. The summed E-state index contributed by atoms with van der Waals surface area (Å²) in [4.78, 5) is 14.1. The number of aliphatic hydroxyl groups excluding tert-OH is 2. The number of anilines is 1. The number of rotatable bonds is 8. The molecule has 23 heavy (non-hydrogen) atoms. The van der Waals surface area contributed by atoms with Gasteiger partial charge in [-0.2, -0.15) is 0 Å². The number of carbonyl (C=O) groups is 1. The van der Waals surface area contributed by atoms with Crippen LogP contribution in [0.25, 0.3) is 0 Å². The van der Waals surface area contributed by atoms with Gasteiger partial charge in [0, 0.05) is 17.6 Å². The Hall–Kier alpha value is -1.43. The van der Waals surface area contributed by atoms with E-state index in [1.165, 1.54) is 0 Å². The Kier molecular flexibility index (Phi) is 7.19. The minimum absolute atomic E-state index is 0.0954. The second-order valence-corrected chi connectivity index (χ2v) is 7.04. The summed E-state index contributed by atoms with van der Waals surface area (Å²) in [7, 11) is 1.81. The summed E-state index contributed by atoms with van der Waals surface area (Å²) in [6.07, 6.45) is 0. The van der Waals surface area contributed by atoms with E-state index in [0.29, 0.717) is 12.5 Å². The first-order chi connectivity index (χ1) is 10.7. The van der Waals surface area contributed by atoms with E-state index < -0.39 is 5.41 Å². The fourth-order valence-electron chi connectivity index (χ4n) is 2.62. The van der Waals surface area contributed by atoms with Crippen molar-refractivity contribution in [2.24, 2.45) is 5.41 Å². The largest absolute Gasteiger partial charge is 0.396 e. The molecule has 0 fully saturated rings. The average molecular weight is 322 g/mol. The summed E-state index contributed by atoms with van der Waals surface area (Å²) >= 11 is 0. The molecule has 0 spiro atoms. The van der Waals surface area contributed by atoms with Gasteiger partial charge in [-0.05, 0) is 31.0 Å². The Labute approximate surface area is 139 Å². The topological polar surface area (TPSA) is 72.8 Å². The summed E-state index contributed by atoms with van der Waals surface area (Å²) in [6, 6.07) is 6.02. The molecule has 0 atom stereocenters. The van der Waals surface area contributed by atoms with Gasteiger partial charge in [0.25, 0.3) is 0 Å². The summed E-state index contributed by atoms with van der Waals surface area (Å²) in [5.74, 6) is 0.233. The molecule has 5 nitrogen and oxygen atoms in total. The lowest BCUT2D eigenvalue weighted by atomic mass is 9.92. The van der Waals surface area contributed by atoms with Crippen molar-refractivity contribution >= 4 is 11.6 Å². The molecular weight excluding hydrogens is 292 g/mol. The number of aryl methyl sites for hydroxylation is 1. The SMILES string of the molecule is Cc1cccc(C(C)C)c1NC(=O)CN(C)CC(C)(CO)CO. The van der Waals surface area contributed by atoms with Gasteiger partial charge in [-0.25, -0.2) is 0 Å². The van der Waals surface area contributed by atoms with E-state index >= 15 is 0 Å². The van der Waals surface area contributed by atoms with Gasteiger partial charge in [-0.3, -0.25) is 9.69 Å². The lowest BCUT2D eigenvalue weighted by molar-refractivity contribution is -0.117. The van der Waals surface area contributed by atoms with Crippen molar-refractivity contribution in [1.29, 1.82) is 0 Å². The van der Waals surface area contributed by atoms with Crippen LogP contribution in [0.15, 0.2) is 18.2 Å². The second-order valence-electron chi connectivity index (χ2n) is 7.04. The molecule has 5 heteroatoms. The van der Waals surface area contributed by atoms with Crippen molar-refractivity contribution in [2.45, 2.75) is 33.6 Å². The first-order valence-corrected chi connectivity index (χ1v) is 8.02. The van der Waals surface area contributed by atoms with Crippen LogP contribution < -0.4 is 5.32 Å². The fraction of sp³-hybridized carbons (Fsp3) is 0.611. The molecule has 1 aromatic rings. The van der Waals surface area contributed by atoms with Crippen molar-refractivity contribution in [3.63, 3.8) is 0 Å². The number of nitrogens with one attached hydrogen (secondary N) is 1. The van der Waals surface area contributed by atoms with Crippen molar-refractivity contribution in [3.8, 4) is 0 Å². The van der Waals surface area contributed by atoms with E-state index in [0.717, 1.165) is 16.8 Å². The maximum absolute atomic E-state index is 12.3. The molecule has 0 saturated carbocycles. The zero-order valence-electron chi connectivity index (χ0n) is 14.9. The maximum Gasteiger partial charge on any atom is 0.238 e. The van der Waals surface area contributed by atoms with Crippen LogP contribution in [0, 0.1) is 12.3 Å². The first-order valence-electron chi connectivity index (χ1n) is 8.02. The average Bonchev–Trinajstić information content (AvgIpc) is 2.48. The molecule has 0 saturated heterocycles. The van der Waals surface area contributed by atoms with Gasteiger partial charge in [-0.15, -0.1) is 0 Å². The molecule has 1 rings (SSSR count). The minimum Gasteiger partial charge on any atom is -0.396 e. The van der Waals surface area contributed by atoms with E-state index in [9.17, 15) is 15.0 Å². The number of aliphatic hydroxyl groups is 2. The highest BCUT2D eigenvalue weighted by molar-refractivity contribution is 5.93. The van der Waals surface area contributed by atoms with Crippen LogP contribution in [0.5, 0.6) is 0 Å². The highest BCUT2D eigenvalue weighted by Gasteiger charge is 2.25. The lowest BCUT2D eigenvalue weighted by Crippen LogP contribution is -2.42. The molecule has 0 aliphatic heterocycles. The number of para-hydroxylation sites is 1. The molecule has 1 aromatic carbocycles. The van der Waals surface area contributed by atoms with Gasteiger partial charge in [0.05, 0.1) is 19.8 Å². The Morgan fingerprint density at radius 3 is 2.43 bits per heavy atom. The van der Waals surface area contributed by atoms with Crippen LogP contribution in [-0.2, 0) is 4.79 Å². The zero-order valence-corrected chi connectivity index (χ0v) is 14.9. The third-order valence-corrected chi connectivity index (χ3v) is 4.02. The van der Waals surface area contributed by atoms with Crippen LogP contribution in [0.3, 0.4) is 0 Å². The summed E-state index contributed by atoms with van der Waals surface area (Å²) in [6.45, 7) is 8.39. The van der Waals surface area contributed by atoms with Gasteiger partial charge in [0.2, 0.25) is 5.91 Å². The van der Waals surface area contributed by atoms with Crippen molar-refractivity contribution in [2.75, 3.05) is 38.7 Å². The van der Waals surface area contributed by atoms with Gasteiger partial charge < -0.3 is 15.5 Å². The Bertz CT molecular complexity index is 525. The summed E-state index contributed by atoms with van der Waals surface area (Å²) in [5.41, 5.74) is 2.44. The normalized spacial score (nSPS) is 12.0. The van der Waals surface area contributed by atoms with E-state index in [1.807, 2.05) is 37.1 Å². The van der Waals surface area contributed by atoms with Gasteiger partial charge in [-0.1, -0.05) is 39.0 Å². The maximum atomic E-state index is 12.3. The Morgan fingerprint density at radius 2 is 1.91 bits per heavy atom.